The van der Waals surface area contributed by atoms with Crippen molar-refractivity contribution in [1.82, 2.24) is 10.4 Å². The van der Waals surface area contributed by atoms with Crippen LogP contribution in [0.3, 0.4) is 0 Å². The molecule has 2 aromatic carbocycles. The van der Waals surface area contributed by atoms with E-state index >= 15 is 0 Å². The lowest BCUT2D eigenvalue weighted by molar-refractivity contribution is -0.384. The van der Waals surface area contributed by atoms with Gasteiger partial charge in [-0.05, 0) is 29.8 Å². The van der Waals surface area contributed by atoms with Gasteiger partial charge in [0, 0.05) is 16.6 Å². The number of amides is 2. The standard InChI is InChI=1S/C17H14BrN3O5S/c18-12-3-1-2-11(8-12)17-20(16(23)10-27-17)19-15(22)9-26-14-6-4-13(5-7-14)21(24)25/h1-8,17H,9-10H2,(H,19,22). The van der Waals surface area contributed by atoms with Gasteiger partial charge in [0.15, 0.2) is 6.61 Å². The highest BCUT2D eigenvalue weighted by atomic mass is 79.9. The van der Waals surface area contributed by atoms with Crippen LogP contribution in [-0.4, -0.2) is 34.1 Å². The number of thioether (sulfide) groups is 1. The van der Waals surface area contributed by atoms with Crippen molar-refractivity contribution in [3.63, 3.8) is 0 Å². The van der Waals surface area contributed by atoms with Crippen LogP contribution in [0.4, 0.5) is 5.69 Å². The van der Waals surface area contributed by atoms with E-state index in [1.807, 2.05) is 24.3 Å². The van der Waals surface area contributed by atoms with Gasteiger partial charge in [-0.1, -0.05) is 28.1 Å². The molecule has 1 unspecified atom stereocenters. The molecule has 1 fully saturated rings. The summed E-state index contributed by atoms with van der Waals surface area (Å²) in [6.45, 7) is -0.322. The highest BCUT2D eigenvalue weighted by Gasteiger charge is 2.34. The van der Waals surface area contributed by atoms with Crippen molar-refractivity contribution in [1.29, 1.82) is 0 Å². The van der Waals surface area contributed by atoms with Crippen LogP contribution in [0, 0.1) is 10.1 Å². The van der Waals surface area contributed by atoms with E-state index in [1.54, 1.807) is 0 Å². The van der Waals surface area contributed by atoms with Crippen LogP contribution in [0.25, 0.3) is 0 Å². The summed E-state index contributed by atoms with van der Waals surface area (Å²) >= 11 is 4.81. The first-order chi connectivity index (χ1) is 12.9. The number of nitrogens with zero attached hydrogens (tertiary/aromatic N) is 2. The molecule has 0 aromatic heterocycles. The zero-order valence-electron chi connectivity index (χ0n) is 13.8. The first-order valence-corrected chi connectivity index (χ1v) is 9.64. The third kappa shape index (κ3) is 4.77. The van der Waals surface area contributed by atoms with Crippen LogP contribution in [0.1, 0.15) is 10.9 Å². The molecule has 10 heteroatoms. The van der Waals surface area contributed by atoms with E-state index in [1.165, 1.54) is 41.0 Å². The van der Waals surface area contributed by atoms with Gasteiger partial charge < -0.3 is 4.74 Å². The normalized spacial score (nSPS) is 16.3. The summed E-state index contributed by atoms with van der Waals surface area (Å²) in [6.07, 6.45) is 0. The Morgan fingerprint density at radius 3 is 2.74 bits per heavy atom. The predicted octanol–water partition coefficient (Wildman–Crippen LogP) is 3.04. The lowest BCUT2D eigenvalue weighted by Gasteiger charge is -2.24. The molecular formula is C17H14BrN3O5S. The third-order valence-electron chi connectivity index (χ3n) is 3.66. The highest BCUT2D eigenvalue weighted by Crippen LogP contribution is 2.37. The number of nitrogens with one attached hydrogen (secondary N) is 1. The van der Waals surface area contributed by atoms with E-state index in [0.717, 1.165) is 10.0 Å². The molecule has 2 aromatic rings. The molecule has 2 amide bonds. The minimum Gasteiger partial charge on any atom is -0.484 e. The number of hydrazine groups is 1. The van der Waals surface area contributed by atoms with Gasteiger partial charge in [-0.3, -0.25) is 25.1 Å². The molecule has 3 rings (SSSR count). The molecule has 8 nitrogen and oxygen atoms in total. The lowest BCUT2D eigenvalue weighted by atomic mass is 10.2. The van der Waals surface area contributed by atoms with Gasteiger partial charge in [-0.2, -0.15) is 0 Å². The minimum atomic E-state index is -0.519. The Labute approximate surface area is 167 Å². The van der Waals surface area contributed by atoms with Crippen LogP contribution in [0.2, 0.25) is 0 Å². The topological polar surface area (TPSA) is 102 Å². The number of benzene rings is 2. The van der Waals surface area contributed by atoms with Crippen molar-refractivity contribution in [2.24, 2.45) is 0 Å². The molecule has 0 radical (unpaired) electrons. The molecule has 1 heterocycles. The average molecular weight is 452 g/mol. The van der Waals surface area contributed by atoms with E-state index in [9.17, 15) is 19.7 Å². The Balaban J connectivity index is 1.60. The molecule has 140 valence electrons. The average Bonchev–Trinajstić information content (AvgIpc) is 3.01. The number of carbonyl (C=O) groups is 2. The van der Waals surface area contributed by atoms with E-state index in [4.69, 9.17) is 4.74 Å². The molecule has 1 aliphatic rings. The van der Waals surface area contributed by atoms with Crippen LogP contribution in [-0.2, 0) is 9.59 Å². The maximum Gasteiger partial charge on any atom is 0.276 e. The molecule has 1 aliphatic heterocycles. The summed E-state index contributed by atoms with van der Waals surface area (Å²) in [5.41, 5.74) is 3.39. The van der Waals surface area contributed by atoms with Crippen LogP contribution in [0.15, 0.2) is 53.0 Å². The van der Waals surface area contributed by atoms with Crippen molar-refractivity contribution in [3.05, 3.63) is 68.7 Å². The second-order valence-electron chi connectivity index (χ2n) is 5.56. The number of nitro groups is 1. The number of carbonyl (C=O) groups excluding carboxylic acids is 2. The van der Waals surface area contributed by atoms with Crippen molar-refractivity contribution < 1.29 is 19.2 Å². The van der Waals surface area contributed by atoms with Crippen molar-refractivity contribution in [2.45, 2.75) is 5.37 Å². The Morgan fingerprint density at radius 1 is 1.33 bits per heavy atom. The summed E-state index contributed by atoms with van der Waals surface area (Å²) in [4.78, 5) is 34.4. The summed E-state index contributed by atoms with van der Waals surface area (Å²) in [5.74, 6) is -0.111. The molecule has 1 N–H and O–H groups in total. The first-order valence-electron chi connectivity index (χ1n) is 7.80. The second kappa shape index (κ2) is 8.40. The third-order valence-corrected chi connectivity index (χ3v) is 5.37. The smallest absolute Gasteiger partial charge is 0.276 e. The monoisotopic (exact) mass is 451 g/mol. The minimum absolute atomic E-state index is 0.0663. The molecular weight excluding hydrogens is 438 g/mol. The number of halogens is 1. The van der Waals surface area contributed by atoms with E-state index in [0.29, 0.717) is 5.75 Å². The zero-order chi connectivity index (χ0) is 19.4. The molecule has 1 saturated heterocycles. The van der Waals surface area contributed by atoms with Gasteiger partial charge in [0.1, 0.15) is 11.1 Å². The van der Waals surface area contributed by atoms with Crippen LogP contribution >= 0.6 is 27.7 Å². The van der Waals surface area contributed by atoms with Crippen molar-refractivity contribution in [3.8, 4) is 5.75 Å². The molecule has 0 spiro atoms. The number of rotatable bonds is 6. The van der Waals surface area contributed by atoms with Gasteiger partial charge in [-0.15, -0.1) is 11.8 Å². The van der Waals surface area contributed by atoms with Gasteiger partial charge in [0.2, 0.25) is 0 Å². The van der Waals surface area contributed by atoms with Gasteiger partial charge >= 0.3 is 0 Å². The Kier molecular flexibility index (Phi) is 5.97. The number of hydrogen-bond acceptors (Lipinski definition) is 6. The first kappa shape index (κ1) is 19.2. The van der Waals surface area contributed by atoms with E-state index < -0.39 is 10.8 Å². The van der Waals surface area contributed by atoms with E-state index in [2.05, 4.69) is 21.4 Å². The highest BCUT2D eigenvalue weighted by molar-refractivity contribution is 9.10. The van der Waals surface area contributed by atoms with Gasteiger partial charge in [-0.25, -0.2) is 5.01 Å². The molecule has 0 aliphatic carbocycles. The van der Waals surface area contributed by atoms with Crippen LogP contribution in [0.5, 0.6) is 5.75 Å². The Hall–Kier alpha value is -2.59. The lowest BCUT2D eigenvalue weighted by Crippen LogP contribution is -2.46. The molecule has 1 atom stereocenters. The fraction of sp³-hybridized carbons (Fsp3) is 0.176. The SMILES string of the molecule is O=C(COc1ccc([N+](=O)[O-])cc1)NN1C(=O)CSC1c1cccc(Br)c1. The number of hydrogen-bond donors (Lipinski definition) is 1. The second-order valence-corrected chi connectivity index (χ2v) is 7.54. The van der Waals surface area contributed by atoms with E-state index in [-0.39, 0.29) is 29.3 Å². The fourth-order valence-corrected chi connectivity index (χ4v) is 3.95. The van der Waals surface area contributed by atoms with Gasteiger partial charge in [0.05, 0.1) is 10.7 Å². The number of nitro benzene ring substituents is 1. The van der Waals surface area contributed by atoms with Crippen molar-refractivity contribution in [2.75, 3.05) is 12.4 Å². The maximum atomic E-state index is 12.2. The molecule has 0 saturated carbocycles. The van der Waals surface area contributed by atoms with Crippen molar-refractivity contribution >= 4 is 45.2 Å². The van der Waals surface area contributed by atoms with Gasteiger partial charge in [0.25, 0.3) is 17.5 Å². The van der Waals surface area contributed by atoms with Crippen LogP contribution < -0.4 is 10.2 Å². The summed E-state index contributed by atoms with van der Waals surface area (Å²) in [7, 11) is 0. The maximum absolute atomic E-state index is 12.2. The Morgan fingerprint density at radius 2 is 2.07 bits per heavy atom. The fourth-order valence-electron chi connectivity index (χ4n) is 2.43. The number of non-ortho nitro benzene ring substituents is 1. The summed E-state index contributed by atoms with van der Waals surface area (Å²) in [5, 5.41) is 11.6. The largest absolute Gasteiger partial charge is 0.484 e. The Bertz CT molecular complexity index is 877. The quantitative estimate of drug-likeness (QED) is 0.534. The zero-order valence-corrected chi connectivity index (χ0v) is 16.2. The summed E-state index contributed by atoms with van der Waals surface area (Å²) in [6, 6.07) is 12.9. The number of ether oxygens (including phenoxy) is 1. The molecule has 27 heavy (non-hydrogen) atoms. The predicted molar refractivity (Wildman–Crippen MR) is 103 cm³/mol. The summed E-state index contributed by atoms with van der Waals surface area (Å²) < 4.78 is 6.20. The molecule has 0 bridgehead atoms.